The molecule has 4 atom stereocenters. The minimum Gasteiger partial charge on any atom is -0.380 e. The van der Waals surface area contributed by atoms with Gasteiger partial charge in [0.25, 0.3) is 0 Å². The van der Waals surface area contributed by atoms with E-state index in [1.807, 2.05) is 0 Å². The summed E-state index contributed by atoms with van der Waals surface area (Å²) in [5.41, 5.74) is 0. The first-order chi connectivity index (χ1) is 6.43. The maximum absolute atomic E-state index is 5.36. The molecule has 2 aliphatic carbocycles. The lowest BCUT2D eigenvalue weighted by Gasteiger charge is -2.42. The van der Waals surface area contributed by atoms with Gasteiger partial charge in [0, 0.05) is 18.7 Å². The molecule has 0 spiro atoms. The Kier molecular flexibility index (Phi) is 1.91. The van der Waals surface area contributed by atoms with Crippen LogP contribution >= 0.6 is 0 Å². The molecule has 2 nitrogen and oxygen atoms in total. The van der Waals surface area contributed by atoms with Crippen LogP contribution in [0.1, 0.15) is 19.3 Å². The van der Waals surface area contributed by atoms with Crippen LogP contribution in [0.25, 0.3) is 0 Å². The quantitative estimate of drug-likeness (QED) is 0.646. The van der Waals surface area contributed by atoms with E-state index in [0.29, 0.717) is 6.04 Å². The van der Waals surface area contributed by atoms with E-state index in [0.717, 1.165) is 31.1 Å². The minimum atomic E-state index is 0.639. The Morgan fingerprint density at radius 2 is 2.38 bits per heavy atom. The zero-order chi connectivity index (χ0) is 8.67. The normalized spacial score (nSPS) is 47.7. The van der Waals surface area contributed by atoms with Crippen molar-refractivity contribution in [3.8, 4) is 0 Å². The number of fused-ring (bicyclic) bond motifs is 1. The number of nitrogens with one attached hydrogen (secondary N) is 1. The molecule has 3 rings (SSSR count). The topological polar surface area (TPSA) is 21.3 Å². The zero-order valence-corrected chi connectivity index (χ0v) is 7.91. The second-order valence-corrected chi connectivity index (χ2v) is 4.57. The van der Waals surface area contributed by atoms with Crippen LogP contribution in [0.15, 0.2) is 12.2 Å². The number of ether oxygens (including phenoxy) is 1. The Morgan fingerprint density at radius 1 is 1.38 bits per heavy atom. The third-order valence-corrected chi connectivity index (χ3v) is 3.74. The SMILES string of the molecule is C1=CC2C(C1)CC2NC1CCOC1. The van der Waals surface area contributed by atoms with Crippen molar-refractivity contribution < 1.29 is 4.74 Å². The van der Waals surface area contributed by atoms with Crippen LogP contribution in [0.2, 0.25) is 0 Å². The molecule has 1 saturated carbocycles. The highest BCUT2D eigenvalue weighted by Crippen LogP contribution is 2.42. The number of hydrogen-bond donors (Lipinski definition) is 1. The van der Waals surface area contributed by atoms with E-state index in [-0.39, 0.29) is 0 Å². The van der Waals surface area contributed by atoms with Gasteiger partial charge in [-0.15, -0.1) is 0 Å². The largest absolute Gasteiger partial charge is 0.380 e. The van der Waals surface area contributed by atoms with Gasteiger partial charge >= 0.3 is 0 Å². The summed E-state index contributed by atoms with van der Waals surface area (Å²) in [5.74, 6) is 1.82. The van der Waals surface area contributed by atoms with Crippen LogP contribution in [0.5, 0.6) is 0 Å². The van der Waals surface area contributed by atoms with E-state index in [2.05, 4.69) is 17.5 Å². The molecule has 13 heavy (non-hydrogen) atoms. The van der Waals surface area contributed by atoms with Gasteiger partial charge in [-0.05, 0) is 31.1 Å². The molecule has 0 aromatic rings. The van der Waals surface area contributed by atoms with Crippen LogP contribution < -0.4 is 5.32 Å². The van der Waals surface area contributed by atoms with Gasteiger partial charge < -0.3 is 10.1 Å². The Hall–Kier alpha value is -0.340. The number of rotatable bonds is 2. The zero-order valence-electron chi connectivity index (χ0n) is 7.91. The lowest BCUT2D eigenvalue weighted by Crippen LogP contribution is -2.51. The van der Waals surface area contributed by atoms with Crippen molar-refractivity contribution in [2.24, 2.45) is 11.8 Å². The fraction of sp³-hybridized carbons (Fsp3) is 0.818. The molecule has 1 aliphatic heterocycles. The highest BCUT2D eigenvalue weighted by Gasteiger charge is 2.41. The van der Waals surface area contributed by atoms with Crippen molar-refractivity contribution >= 4 is 0 Å². The van der Waals surface area contributed by atoms with Gasteiger partial charge in [0.1, 0.15) is 0 Å². The maximum Gasteiger partial charge on any atom is 0.0620 e. The Labute approximate surface area is 79.3 Å². The average molecular weight is 179 g/mol. The summed E-state index contributed by atoms with van der Waals surface area (Å²) in [7, 11) is 0. The first kappa shape index (κ1) is 8.01. The highest BCUT2D eigenvalue weighted by atomic mass is 16.5. The summed E-state index contributed by atoms with van der Waals surface area (Å²) in [6.45, 7) is 1.88. The predicted molar refractivity (Wildman–Crippen MR) is 51.5 cm³/mol. The van der Waals surface area contributed by atoms with Crippen LogP contribution in [0.4, 0.5) is 0 Å². The van der Waals surface area contributed by atoms with E-state index >= 15 is 0 Å². The van der Waals surface area contributed by atoms with Gasteiger partial charge in [0.15, 0.2) is 0 Å². The summed E-state index contributed by atoms with van der Waals surface area (Å²) in [4.78, 5) is 0. The van der Waals surface area contributed by atoms with Gasteiger partial charge in [-0.2, -0.15) is 0 Å². The van der Waals surface area contributed by atoms with Gasteiger partial charge in [0.2, 0.25) is 0 Å². The number of allylic oxidation sites excluding steroid dienone is 1. The third-order valence-electron chi connectivity index (χ3n) is 3.74. The summed E-state index contributed by atoms with van der Waals surface area (Å²) in [5, 5.41) is 3.71. The van der Waals surface area contributed by atoms with Crippen molar-refractivity contribution in [2.45, 2.75) is 31.3 Å². The molecule has 4 unspecified atom stereocenters. The second kappa shape index (κ2) is 3.10. The monoisotopic (exact) mass is 179 g/mol. The van der Waals surface area contributed by atoms with Crippen LogP contribution in [-0.2, 0) is 4.74 Å². The minimum absolute atomic E-state index is 0.639. The fourth-order valence-corrected chi connectivity index (χ4v) is 2.88. The lowest BCUT2D eigenvalue weighted by molar-refractivity contribution is 0.138. The van der Waals surface area contributed by atoms with Crippen molar-refractivity contribution in [3.63, 3.8) is 0 Å². The summed E-state index contributed by atoms with van der Waals surface area (Å²) in [6.07, 6.45) is 8.67. The Bertz CT molecular complexity index is 220. The lowest BCUT2D eigenvalue weighted by atomic mass is 9.71. The van der Waals surface area contributed by atoms with Crippen molar-refractivity contribution in [1.29, 1.82) is 0 Å². The van der Waals surface area contributed by atoms with Crippen LogP contribution in [0.3, 0.4) is 0 Å². The Balaban J connectivity index is 1.53. The smallest absolute Gasteiger partial charge is 0.0620 e. The fourth-order valence-electron chi connectivity index (χ4n) is 2.88. The van der Waals surface area contributed by atoms with Gasteiger partial charge in [-0.3, -0.25) is 0 Å². The van der Waals surface area contributed by atoms with E-state index in [9.17, 15) is 0 Å². The van der Waals surface area contributed by atoms with Gasteiger partial charge in [-0.1, -0.05) is 12.2 Å². The van der Waals surface area contributed by atoms with Crippen molar-refractivity contribution in [2.75, 3.05) is 13.2 Å². The molecular formula is C11H17NO. The standard InChI is InChI=1S/C11H17NO/c1-2-8-6-11(10(8)3-1)12-9-4-5-13-7-9/h1,3,8-12H,2,4-7H2. The molecule has 1 saturated heterocycles. The average Bonchev–Trinajstić information content (AvgIpc) is 2.69. The molecule has 3 aliphatic rings. The van der Waals surface area contributed by atoms with Gasteiger partial charge in [-0.25, -0.2) is 0 Å². The number of hydrogen-bond acceptors (Lipinski definition) is 2. The molecule has 0 radical (unpaired) electrons. The molecule has 0 aromatic carbocycles. The summed E-state index contributed by atoms with van der Waals surface area (Å²) in [6, 6.07) is 1.40. The second-order valence-electron chi connectivity index (χ2n) is 4.57. The van der Waals surface area contributed by atoms with Crippen LogP contribution in [0, 0.1) is 11.8 Å². The van der Waals surface area contributed by atoms with E-state index < -0.39 is 0 Å². The molecule has 0 amide bonds. The molecule has 1 N–H and O–H groups in total. The van der Waals surface area contributed by atoms with Crippen LogP contribution in [-0.4, -0.2) is 25.3 Å². The third kappa shape index (κ3) is 1.32. The van der Waals surface area contributed by atoms with E-state index in [1.165, 1.54) is 19.3 Å². The first-order valence-corrected chi connectivity index (χ1v) is 5.44. The van der Waals surface area contributed by atoms with Gasteiger partial charge in [0.05, 0.1) is 6.61 Å². The summed E-state index contributed by atoms with van der Waals surface area (Å²) >= 11 is 0. The van der Waals surface area contributed by atoms with E-state index in [1.54, 1.807) is 0 Å². The maximum atomic E-state index is 5.36. The van der Waals surface area contributed by atoms with Crippen molar-refractivity contribution in [3.05, 3.63) is 12.2 Å². The molecule has 0 aromatic heterocycles. The molecular weight excluding hydrogens is 162 g/mol. The molecule has 1 heterocycles. The predicted octanol–water partition coefficient (Wildman–Crippen LogP) is 1.33. The molecule has 0 bridgehead atoms. The Morgan fingerprint density at radius 3 is 3.15 bits per heavy atom. The highest BCUT2D eigenvalue weighted by molar-refractivity contribution is 5.13. The molecule has 2 heteroatoms. The summed E-state index contributed by atoms with van der Waals surface area (Å²) < 4.78 is 5.36. The van der Waals surface area contributed by atoms with Crippen molar-refractivity contribution in [1.82, 2.24) is 5.32 Å². The first-order valence-electron chi connectivity index (χ1n) is 5.44. The molecule has 2 fully saturated rings. The van der Waals surface area contributed by atoms with E-state index in [4.69, 9.17) is 4.74 Å². The molecule has 72 valence electrons.